The zero-order valence-electron chi connectivity index (χ0n) is 14.8. The molecule has 25 heavy (non-hydrogen) atoms. The van der Waals surface area contributed by atoms with Crippen molar-refractivity contribution in [2.45, 2.75) is 39.5 Å². The van der Waals surface area contributed by atoms with E-state index in [0.29, 0.717) is 24.9 Å². The van der Waals surface area contributed by atoms with Crippen LogP contribution in [-0.4, -0.2) is 37.3 Å². The normalized spacial score (nSPS) is 12.5. The first kappa shape index (κ1) is 17.2. The molecule has 0 aliphatic carbocycles. The average Bonchev–Trinajstić information content (AvgIpc) is 3.03. The molecule has 0 unspecified atom stereocenters. The maximum absolute atomic E-state index is 9.50. The first-order valence-corrected chi connectivity index (χ1v) is 8.49. The van der Waals surface area contributed by atoms with Gasteiger partial charge in [0.2, 0.25) is 5.95 Å². The van der Waals surface area contributed by atoms with Crippen molar-refractivity contribution in [3.8, 4) is 0 Å². The molecule has 0 aliphatic heterocycles. The van der Waals surface area contributed by atoms with E-state index in [1.807, 2.05) is 22.8 Å². The minimum atomic E-state index is -0.477. The molecule has 132 valence electrons. The molecule has 0 bridgehead atoms. The number of aliphatic hydroxyl groups excluding tert-OH is 1. The summed E-state index contributed by atoms with van der Waals surface area (Å²) in [5, 5.41) is 15.9. The lowest BCUT2D eigenvalue weighted by Crippen LogP contribution is -2.17. The highest BCUT2D eigenvalue weighted by molar-refractivity contribution is 5.84. The second-order valence-corrected chi connectivity index (χ2v) is 6.38. The number of nitrogens with one attached hydrogen (secondary N) is 2. The Morgan fingerprint density at radius 3 is 2.52 bits per heavy atom. The number of benzene rings is 1. The van der Waals surface area contributed by atoms with Gasteiger partial charge in [-0.15, -0.1) is 0 Å². The van der Waals surface area contributed by atoms with Gasteiger partial charge in [0.05, 0.1) is 12.4 Å². The molecule has 0 radical (unpaired) electrons. The molecule has 0 saturated heterocycles. The molecule has 7 heteroatoms. The summed E-state index contributed by atoms with van der Waals surface area (Å²) < 4.78 is 2.01. The van der Waals surface area contributed by atoms with Gasteiger partial charge in [-0.3, -0.25) is 0 Å². The Morgan fingerprint density at radius 1 is 1.08 bits per heavy atom. The van der Waals surface area contributed by atoms with Crippen molar-refractivity contribution in [3.05, 3.63) is 42.2 Å². The van der Waals surface area contributed by atoms with E-state index in [4.69, 9.17) is 0 Å². The van der Waals surface area contributed by atoms with Crippen LogP contribution in [0.2, 0.25) is 0 Å². The summed E-state index contributed by atoms with van der Waals surface area (Å²) >= 11 is 0. The van der Waals surface area contributed by atoms with Crippen LogP contribution in [0.5, 0.6) is 0 Å². The van der Waals surface area contributed by atoms with Gasteiger partial charge in [0.15, 0.2) is 17.0 Å². The largest absolute Gasteiger partial charge is 0.392 e. The monoisotopic (exact) mass is 340 g/mol. The average molecular weight is 340 g/mol. The molecule has 0 amide bonds. The SMILES string of the molecule is CC(C)n1cnc2c(NCc3ccccc3)nc(NC[C@@H](C)O)nc21. The van der Waals surface area contributed by atoms with Crippen molar-refractivity contribution in [1.82, 2.24) is 19.5 Å². The maximum atomic E-state index is 9.50. The Hall–Kier alpha value is -2.67. The Kier molecular flexibility index (Phi) is 5.14. The van der Waals surface area contributed by atoms with Gasteiger partial charge in [-0.2, -0.15) is 9.97 Å². The predicted octanol–water partition coefficient (Wildman–Crippen LogP) is 2.81. The summed E-state index contributed by atoms with van der Waals surface area (Å²) in [5.41, 5.74) is 2.68. The minimum Gasteiger partial charge on any atom is -0.392 e. The summed E-state index contributed by atoms with van der Waals surface area (Å²) in [6.45, 7) is 6.93. The third-order valence-corrected chi connectivity index (χ3v) is 3.84. The zero-order valence-corrected chi connectivity index (χ0v) is 14.8. The molecular weight excluding hydrogens is 316 g/mol. The molecule has 0 spiro atoms. The van der Waals surface area contributed by atoms with E-state index >= 15 is 0 Å². The summed E-state index contributed by atoms with van der Waals surface area (Å²) in [7, 11) is 0. The number of aromatic nitrogens is 4. The molecule has 0 saturated carbocycles. The van der Waals surface area contributed by atoms with Gasteiger partial charge >= 0.3 is 0 Å². The predicted molar refractivity (Wildman–Crippen MR) is 99.6 cm³/mol. The van der Waals surface area contributed by atoms with Crippen LogP contribution in [0.1, 0.15) is 32.4 Å². The zero-order chi connectivity index (χ0) is 17.8. The smallest absolute Gasteiger partial charge is 0.226 e. The quantitative estimate of drug-likeness (QED) is 0.613. The van der Waals surface area contributed by atoms with Gasteiger partial charge in [-0.25, -0.2) is 4.98 Å². The lowest BCUT2D eigenvalue weighted by molar-refractivity contribution is 0.208. The maximum Gasteiger partial charge on any atom is 0.226 e. The molecule has 1 atom stereocenters. The van der Waals surface area contributed by atoms with Crippen LogP contribution in [-0.2, 0) is 6.54 Å². The molecule has 7 nitrogen and oxygen atoms in total. The Balaban J connectivity index is 1.93. The summed E-state index contributed by atoms with van der Waals surface area (Å²) in [5.74, 6) is 1.16. The van der Waals surface area contributed by atoms with Crippen LogP contribution in [0.15, 0.2) is 36.7 Å². The third kappa shape index (κ3) is 4.06. The number of nitrogens with zero attached hydrogens (tertiary/aromatic N) is 4. The number of fused-ring (bicyclic) bond motifs is 1. The van der Waals surface area contributed by atoms with E-state index in [9.17, 15) is 5.11 Å². The van der Waals surface area contributed by atoms with E-state index in [1.165, 1.54) is 0 Å². The van der Waals surface area contributed by atoms with Crippen LogP contribution in [0, 0.1) is 0 Å². The third-order valence-electron chi connectivity index (χ3n) is 3.84. The number of hydrogen-bond donors (Lipinski definition) is 3. The van der Waals surface area contributed by atoms with Crippen LogP contribution < -0.4 is 10.6 Å². The van der Waals surface area contributed by atoms with Gasteiger partial charge in [-0.1, -0.05) is 30.3 Å². The van der Waals surface area contributed by atoms with Crippen LogP contribution in [0.4, 0.5) is 11.8 Å². The fraction of sp³-hybridized carbons (Fsp3) is 0.389. The second-order valence-electron chi connectivity index (χ2n) is 6.38. The number of imidazole rings is 1. The van der Waals surface area contributed by atoms with E-state index < -0.39 is 6.10 Å². The van der Waals surface area contributed by atoms with Gasteiger partial charge in [0.1, 0.15) is 0 Å². The molecule has 0 aliphatic rings. The van der Waals surface area contributed by atoms with Gasteiger partial charge in [0, 0.05) is 19.1 Å². The first-order valence-electron chi connectivity index (χ1n) is 8.49. The van der Waals surface area contributed by atoms with Crippen molar-refractivity contribution in [2.24, 2.45) is 0 Å². The minimum absolute atomic E-state index is 0.242. The van der Waals surface area contributed by atoms with Crippen LogP contribution in [0.25, 0.3) is 11.2 Å². The standard InChI is InChI=1S/C18H24N6O/c1-12(2)24-11-21-15-16(19-10-14-7-5-4-6-8-14)22-18(23-17(15)24)20-9-13(3)25/h4-8,11-13,25H,9-10H2,1-3H3,(H2,19,20,22,23)/t13-/m1/s1. The number of hydrogen-bond acceptors (Lipinski definition) is 6. The molecule has 1 aromatic carbocycles. The van der Waals surface area contributed by atoms with Crippen molar-refractivity contribution in [1.29, 1.82) is 0 Å². The summed E-state index contributed by atoms with van der Waals surface area (Å²) in [6.07, 6.45) is 1.31. The molecule has 3 N–H and O–H groups in total. The Morgan fingerprint density at radius 2 is 1.84 bits per heavy atom. The molecular formula is C18H24N6O. The topological polar surface area (TPSA) is 87.9 Å². The van der Waals surface area contributed by atoms with Gasteiger partial charge in [0.25, 0.3) is 0 Å². The van der Waals surface area contributed by atoms with E-state index in [1.54, 1.807) is 13.3 Å². The fourth-order valence-electron chi connectivity index (χ4n) is 2.52. The van der Waals surface area contributed by atoms with Crippen molar-refractivity contribution in [2.75, 3.05) is 17.2 Å². The highest BCUT2D eigenvalue weighted by atomic mass is 16.3. The van der Waals surface area contributed by atoms with Crippen LogP contribution >= 0.6 is 0 Å². The van der Waals surface area contributed by atoms with Crippen LogP contribution in [0.3, 0.4) is 0 Å². The van der Waals surface area contributed by atoms with E-state index in [2.05, 4.69) is 51.6 Å². The first-order chi connectivity index (χ1) is 12.0. The fourth-order valence-corrected chi connectivity index (χ4v) is 2.52. The highest BCUT2D eigenvalue weighted by Gasteiger charge is 2.15. The molecule has 3 rings (SSSR count). The van der Waals surface area contributed by atoms with E-state index in [0.717, 1.165) is 16.7 Å². The highest BCUT2D eigenvalue weighted by Crippen LogP contribution is 2.23. The van der Waals surface area contributed by atoms with Crippen molar-refractivity contribution in [3.63, 3.8) is 0 Å². The molecule has 3 aromatic rings. The lowest BCUT2D eigenvalue weighted by Gasteiger charge is -2.12. The number of aliphatic hydroxyl groups is 1. The van der Waals surface area contributed by atoms with Crippen molar-refractivity contribution < 1.29 is 5.11 Å². The van der Waals surface area contributed by atoms with Gasteiger partial charge in [-0.05, 0) is 26.3 Å². The van der Waals surface area contributed by atoms with Gasteiger partial charge < -0.3 is 20.3 Å². The molecule has 2 aromatic heterocycles. The molecule has 0 fully saturated rings. The number of anilines is 2. The Bertz CT molecular complexity index is 828. The second kappa shape index (κ2) is 7.48. The summed E-state index contributed by atoms with van der Waals surface area (Å²) in [6, 6.07) is 10.4. The molecule has 2 heterocycles. The Labute approximate surface area is 147 Å². The van der Waals surface area contributed by atoms with E-state index in [-0.39, 0.29) is 6.04 Å². The number of rotatable bonds is 7. The lowest BCUT2D eigenvalue weighted by atomic mass is 10.2. The van der Waals surface area contributed by atoms with Crippen molar-refractivity contribution >= 4 is 22.9 Å². The summed E-state index contributed by atoms with van der Waals surface area (Å²) in [4.78, 5) is 13.6.